The van der Waals surface area contributed by atoms with Crippen molar-refractivity contribution >= 4 is 22.9 Å². The molecule has 1 unspecified atom stereocenters. The summed E-state index contributed by atoms with van der Waals surface area (Å²) in [5.41, 5.74) is 2.36. The fraction of sp³-hybridized carbons (Fsp3) is 0.375. The quantitative estimate of drug-likeness (QED) is 0.779. The van der Waals surface area contributed by atoms with Gasteiger partial charge in [0, 0.05) is 10.9 Å². The zero-order valence-electron chi connectivity index (χ0n) is 11.7. The van der Waals surface area contributed by atoms with E-state index in [1.165, 1.54) is 16.5 Å². The highest BCUT2D eigenvalue weighted by Crippen LogP contribution is 2.28. The number of benzene rings is 1. The number of hydrogen-bond acceptors (Lipinski definition) is 2. The van der Waals surface area contributed by atoms with Gasteiger partial charge < -0.3 is 5.32 Å². The van der Waals surface area contributed by atoms with Gasteiger partial charge in [0.05, 0.1) is 5.02 Å². The predicted molar refractivity (Wildman–Crippen MR) is 85.2 cm³/mol. The first-order chi connectivity index (χ1) is 9.61. The molecular weight excluding hydrogens is 293 g/mol. The van der Waals surface area contributed by atoms with Gasteiger partial charge in [0.15, 0.2) is 0 Å². The molecular formula is C16H19ClFNS. The number of aryl methyl sites for hydroxylation is 1. The summed E-state index contributed by atoms with van der Waals surface area (Å²) in [7, 11) is 0. The summed E-state index contributed by atoms with van der Waals surface area (Å²) in [5, 5.41) is 5.88. The van der Waals surface area contributed by atoms with Gasteiger partial charge in [-0.15, -0.1) is 11.3 Å². The van der Waals surface area contributed by atoms with Crippen LogP contribution < -0.4 is 5.32 Å². The molecule has 0 radical (unpaired) electrons. The molecule has 0 saturated carbocycles. The topological polar surface area (TPSA) is 12.0 Å². The Morgan fingerprint density at radius 3 is 2.75 bits per heavy atom. The SMILES string of the molecule is CCCNC(Cc1ccc(F)c(Cl)c1)c1sccc1C. The summed E-state index contributed by atoms with van der Waals surface area (Å²) < 4.78 is 13.2. The maximum absolute atomic E-state index is 13.2. The van der Waals surface area contributed by atoms with Gasteiger partial charge in [0.25, 0.3) is 0 Å². The van der Waals surface area contributed by atoms with Crippen molar-refractivity contribution < 1.29 is 4.39 Å². The lowest BCUT2D eigenvalue weighted by Crippen LogP contribution is -2.23. The molecule has 0 amide bonds. The third-order valence-electron chi connectivity index (χ3n) is 3.28. The van der Waals surface area contributed by atoms with Crippen molar-refractivity contribution in [3.8, 4) is 0 Å². The summed E-state index contributed by atoms with van der Waals surface area (Å²) in [4.78, 5) is 1.35. The highest BCUT2D eigenvalue weighted by molar-refractivity contribution is 7.10. The minimum Gasteiger partial charge on any atom is -0.309 e. The summed E-state index contributed by atoms with van der Waals surface area (Å²) >= 11 is 7.63. The maximum Gasteiger partial charge on any atom is 0.141 e. The number of thiophene rings is 1. The number of hydrogen-bond donors (Lipinski definition) is 1. The van der Waals surface area contributed by atoms with E-state index in [0.717, 1.165) is 24.9 Å². The Morgan fingerprint density at radius 1 is 1.35 bits per heavy atom. The molecule has 1 heterocycles. The highest BCUT2D eigenvalue weighted by atomic mass is 35.5. The Hall–Kier alpha value is -0.900. The van der Waals surface area contributed by atoms with E-state index in [1.54, 1.807) is 17.4 Å². The van der Waals surface area contributed by atoms with Gasteiger partial charge in [0.1, 0.15) is 5.82 Å². The molecule has 1 atom stereocenters. The van der Waals surface area contributed by atoms with Crippen LogP contribution in [0.4, 0.5) is 4.39 Å². The van der Waals surface area contributed by atoms with Crippen molar-refractivity contribution in [3.05, 3.63) is 56.5 Å². The van der Waals surface area contributed by atoms with Gasteiger partial charge in [-0.2, -0.15) is 0 Å². The molecule has 1 aromatic carbocycles. The van der Waals surface area contributed by atoms with Crippen LogP contribution in [0, 0.1) is 12.7 Å². The fourth-order valence-corrected chi connectivity index (χ4v) is 3.43. The van der Waals surface area contributed by atoms with Crippen LogP contribution in [-0.4, -0.2) is 6.54 Å². The third-order valence-corrected chi connectivity index (χ3v) is 4.71. The molecule has 0 fully saturated rings. The van der Waals surface area contributed by atoms with Crippen molar-refractivity contribution in [2.75, 3.05) is 6.54 Å². The standard InChI is InChI=1S/C16H19ClFNS/c1-3-7-19-15(16-11(2)6-8-20-16)10-12-4-5-14(18)13(17)9-12/h4-6,8-9,15,19H,3,7,10H2,1-2H3. The van der Waals surface area contributed by atoms with Crippen LogP contribution in [0.3, 0.4) is 0 Å². The molecule has 1 nitrogen and oxygen atoms in total. The fourth-order valence-electron chi connectivity index (χ4n) is 2.22. The van der Waals surface area contributed by atoms with E-state index in [9.17, 15) is 4.39 Å². The number of nitrogens with one attached hydrogen (secondary N) is 1. The minimum absolute atomic E-state index is 0.194. The molecule has 0 saturated heterocycles. The van der Waals surface area contributed by atoms with E-state index in [4.69, 9.17) is 11.6 Å². The van der Waals surface area contributed by atoms with E-state index in [-0.39, 0.29) is 16.9 Å². The molecule has 0 bridgehead atoms. The molecule has 2 aromatic rings. The summed E-state index contributed by atoms with van der Waals surface area (Å²) in [6, 6.07) is 7.37. The second-order valence-electron chi connectivity index (χ2n) is 4.93. The first kappa shape index (κ1) is 15.5. The lowest BCUT2D eigenvalue weighted by atomic mass is 10.0. The molecule has 2 rings (SSSR count). The molecule has 4 heteroatoms. The van der Waals surface area contributed by atoms with Gasteiger partial charge in [-0.05, 0) is 61.0 Å². The monoisotopic (exact) mass is 311 g/mol. The van der Waals surface area contributed by atoms with E-state index in [2.05, 4.69) is 30.6 Å². The van der Waals surface area contributed by atoms with Gasteiger partial charge in [-0.3, -0.25) is 0 Å². The molecule has 20 heavy (non-hydrogen) atoms. The average molecular weight is 312 g/mol. The van der Waals surface area contributed by atoms with Crippen LogP contribution in [0.25, 0.3) is 0 Å². The molecule has 1 N–H and O–H groups in total. The van der Waals surface area contributed by atoms with Crippen LogP contribution in [0.15, 0.2) is 29.6 Å². The molecule has 108 valence electrons. The van der Waals surface area contributed by atoms with Crippen molar-refractivity contribution in [1.82, 2.24) is 5.32 Å². The Kier molecular flexibility index (Phi) is 5.58. The second kappa shape index (κ2) is 7.21. The largest absolute Gasteiger partial charge is 0.309 e. The Balaban J connectivity index is 2.19. The van der Waals surface area contributed by atoms with Crippen molar-refractivity contribution in [2.24, 2.45) is 0 Å². The Labute approximate surface area is 128 Å². The van der Waals surface area contributed by atoms with Gasteiger partial charge in [-0.1, -0.05) is 24.6 Å². The zero-order valence-corrected chi connectivity index (χ0v) is 13.3. The minimum atomic E-state index is -0.360. The summed E-state index contributed by atoms with van der Waals surface area (Å²) in [6.45, 7) is 5.25. The first-order valence-corrected chi connectivity index (χ1v) is 8.09. The van der Waals surface area contributed by atoms with Crippen molar-refractivity contribution in [1.29, 1.82) is 0 Å². The summed E-state index contributed by atoms with van der Waals surface area (Å²) in [5.74, 6) is -0.360. The maximum atomic E-state index is 13.2. The Bertz CT molecular complexity index is 567. The van der Waals surface area contributed by atoms with E-state index < -0.39 is 0 Å². The molecule has 0 aliphatic heterocycles. The Morgan fingerprint density at radius 2 is 2.15 bits per heavy atom. The van der Waals surface area contributed by atoms with E-state index in [1.807, 2.05) is 6.07 Å². The zero-order chi connectivity index (χ0) is 14.5. The average Bonchev–Trinajstić information content (AvgIpc) is 2.85. The van der Waals surface area contributed by atoms with Crippen LogP contribution in [0.1, 0.15) is 35.4 Å². The van der Waals surface area contributed by atoms with Crippen molar-refractivity contribution in [2.45, 2.75) is 32.7 Å². The van der Waals surface area contributed by atoms with Crippen molar-refractivity contribution in [3.63, 3.8) is 0 Å². The molecule has 0 aliphatic rings. The highest BCUT2D eigenvalue weighted by Gasteiger charge is 2.15. The number of rotatable bonds is 6. The van der Waals surface area contributed by atoms with E-state index >= 15 is 0 Å². The van der Waals surface area contributed by atoms with Crippen LogP contribution in [-0.2, 0) is 6.42 Å². The van der Waals surface area contributed by atoms with Crippen LogP contribution in [0.2, 0.25) is 5.02 Å². The summed E-state index contributed by atoms with van der Waals surface area (Å²) in [6.07, 6.45) is 1.91. The molecule has 0 aliphatic carbocycles. The van der Waals surface area contributed by atoms with Crippen LogP contribution in [0.5, 0.6) is 0 Å². The van der Waals surface area contributed by atoms with E-state index in [0.29, 0.717) is 0 Å². The van der Waals surface area contributed by atoms with Gasteiger partial charge >= 0.3 is 0 Å². The lowest BCUT2D eigenvalue weighted by Gasteiger charge is -2.19. The normalized spacial score (nSPS) is 12.6. The van der Waals surface area contributed by atoms with Gasteiger partial charge in [0.2, 0.25) is 0 Å². The lowest BCUT2D eigenvalue weighted by molar-refractivity contribution is 0.534. The third kappa shape index (κ3) is 3.81. The molecule has 0 spiro atoms. The first-order valence-electron chi connectivity index (χ1n) is 6.83. The smallest absolute Gasteiger partial charge is 0.141 e. The van der Waals surface area contributed by atoms with Crippen LogP contribution >= 0.6 is 22.9 Å². The number of halogens is 2. The molecule has 1 aromatic heterocycles. The second-order valence-corrected chi connectivity index (χ2v) is 6.28. The predicted octanol–water partition coefficient (Wildman–Crippen LogP) is 5.13. The van der Waals surface area contributed by atoms with Gasteiger partial charge in [-0.25, -0.2) is 4.39 Å².